The van der Waals surface area contributed by atoms with E-state index in [9.17, 15) is 9.59 Å². The summed E-state index contributed by atoms with van der Waals surface area (Å²) in [6.45, 7) is 5.95. The van der Waals surface area contributed by atoms with Gasteiger partial charge in [-0.05, 0) is 34.5 Å². The summed E-state index contributed by atoms with van der Waals surface area (Å²) < 4.78 is 5.41. The average molecular weight is 343 g/mol. The van der Waals surface area contributed by atoms with Crippen LogP contribution in [0.2, 0.25) is 0 Å². The van der Waals surface area contributed by atoms with Crippen LogP contribution >= 0.6 is 11.3 Å². The van der Waals surface area contributed by atoms with E-state index in [0.717, 1.165) is 5.56 Å². The summed E-state index contributed by atoms with van der Waals surface area (Å²) >= 11 is 1.52. The molecule has 124 valence electrons. The van der Waals surface area contributed by atoms with Gasteiger partial charge < -0.3 is 14.4 Å². The Morgan fingerprint density at radius 1 is 1.12 bits per heavy atom. The Morgan fingerprint density at radius 3 is 2.38 bits per heavy atom. The maximum Gasteiger partial charge on any atom is 0.272 e. The number of rotatable bonds is 2. The zero-order chi connectivity index (χ0) is 17.3. The third-order valence-electron chi connectivity index (χ3n) is 3.40. The van der Waals surface area contributed by atoms with Crippen molar-refractivity contribution in [3.8, 4) is 0 Å². The number of oxazole rings is 1. The predicted molar refractivity (Wildman–Crippen MR) is 93.6 cm³/mol. The number of nitrogens with one attached hydrogen (secondary N) is 2. The molecule has 3 heterocycles. The van der Waals surface area contributed by atoms with Crippen LogP contribution in [-0.2, 0) is 5.41 Å². The van der Waals surface area contributed by atoms with Gasteiger partial charge in [0, 0.05) is 5.41 Å². The molecule has 0 atom stereocenters. The van der Waals surface area contributed by atoms with Crippen LogP contribution in [-0.4, -0.2) is 15.0 Å². The van der Waals surface area contributed by atoms with Gasteiger partial charge in [0.2, 0.25) is 0 Å². The molecule has 0 fully saturated rings. The molecular formula is C17H17N3O3S. The van der Waals surface area contributed by atoms with Gasteiger partial charge in [-0.1, -0.05) is 20.8 Å². The average Bonchev–Trinajstić information content (AvgIpc) is 3.14. The third-order valence-corrected chi connectivity index (χ3v) is 4.10. The minimum atomic E-state index is -0.390. The number of nitrogens with zero attached hydrogens (tertiary/aromatic N) is 1. The van der Waals surface area contributed by atoms with Crippen molar-refractivity contribution in [2.24, 2.45) is 0 Å². The van der Waals surface area contributed by atoms with Crippen LogP contribution < -0.4 is 21.8 Å². The Kier molecular flexibility index (Phi) is 4.11. The van der Waals surface area contributed by atoms with Crippen LogP contribution in [0.15, 0.2) is 37.2 Å². The second-order valence-electron chi connectivity index (χ2n) is 6.40. The summed E-state index contributed by atoms with van der Waals surface area (Å²) in [7, 11) is 0. The molecule has 3 rings (SSSR count). The van der Waals surface area contributed by atoms with Crippen molar-refractivity contribution in [3.05, 3.63) is 71.6 Å². The first-order chi connectivity index (χ1) is 11.3. The highest BCUT2D eigenvalue weighted by Gasteiger charge is 2.21. The van der Waals surface area contributed by atoms with Crippen LogP contribution in [0.1, 0.15) is 37.8 Å². The molecule has 0 spiro atoms. The largest absolute Gasteiger partial charge is 0.447 e. The Morgan fingerprint density at radius 2 is 1.79 bits per heavy atom. The summed E-state index contributed by atoms with van der Waals surface area (Å²) in [6, 6.07) is 1.87. The van der Waals surface area contributed by atoms with Crippen molar-refractivity contribution in [1.29, 1.82) is 0 Å². The first kappa shape index (κ1) is 16.2. The van der Waals surface area contributed by atoms with Crippen molar-refractivity contribution in [3.63, 3.8) is 0 Å². The maximum atomic E-state index is 12.3. The van der Waals surface area contributed by atoms with Gasteiger partial charge in [-0.15, -0.1) is 0 Å². The molecule has 0 bridgehead atoms. The van der Waals surface area contributed by atoms with Crippen molar-refractivity contribution in [1.82, 2.24) is 15.0 Å². The number of aromatic amines is 2. The Bertz CT molecular complexity index is 1080. The molecule has 0 saturated carbocycles. The molecule has 0 aliphatic carbocycles. The van der Waals surface area contributed by atoms with E-state index in [0.29, 0.717) is 11.5 Å². The zero-order valence-electron chi connectivity index (χ0n) is 13.5. The summed E-state index contributed by atoms with van der Waals surface area (Å²) in [4.78, 5) is 33.8. The van der Waals surface area contributed by atoms with E-state index in [1.54, 1.807) is 6.08 Å². The van der Waals surface area contributed by atoms with Gasteiger partial charge in [0.1, 0.15) is 22.2 Å². The molecule has 2 N–H and O–H groups in total. The number of thiophene rings is 1. The first-order valence-corrected chi connectivity index (χ1v) is 8.31. The molecule has 0 aliphatic heterocycles. The Hall–Kier alpha value is -2.67. The molecule has 0 amide bonds. The van der Waals surface area contributed by atoms with Gasteiger partial charge in [0.25, 0.3) is 11.1 Å². The minimum absolute atomic E-state index is 0.141. The van der Waals surface area contributed by atoms with E-state index < -0.39 is 0 Å². The van der Waals surface area contributed by atoms with Crippen LogP contribution in [0.4, 0.5) is 0 Å². The van der Waals surface area contributed by atoms with E-state index in [1.807, 2.05) is 37.6 Å². The number of hydrogen-bond acceptors (Lipinski definition) is 5. The fraction of sp³-hybridized carbons (Fsp3) is 0.235. The van der Waals surface area contributed by atoms with E-state index in [1.165, 1.54) is 23.8 Å². The number of aromatic nitrogens is 3. The Labute approximate surface area is 141 Å². The summed E-state index contributed by atoms with van der Waals surface area (Å²) in [5.41, 5.74) is 0.372. The molecular weight excluding hydrogens is 326 g/mol. The third kappa shape index (κ3) is 3.30. The van der Waals surface area contributed by atoms with Gasteiger partial charge in [-0.25, -0.2) is 4.98 Å². The first-order valence-electron chi connectivity index (χ1n) is 7.37. The van der Waals surface area contributed by atoms with Crippen molar-refractivity contribution in [2.45, 2.75) is 26.2 Å². The quantitative estimate of drug-likeness (QED) is 0.728. The Balaban J connectivity index is 2.15. The second-order valence-corrected chi connectivity index (χ2v) is 7.18. The molecule has 3 aromatic rings. The number of H-pyrrole nitrogens is 2. The fourth-order valence-corrected chi connectivity index (χ4v) is 2.89. The van der Waals surface area contributed by atoms with Crippen LogP contribution in [0, 0.1) is 0 Å². The molecule has 0 saturated heterocycles. The lowest BCUT2D eigenvalue weighted by atomic mass is 9.92. The van der Waals surface area contributed by atoms with Crippen molar-refractivity contribution in [2.75, 3.05) is 0 Å². The molecule has 6 nitrogen and oxygen atoms in total. The van der Waals surface area contributed by atoms with Gasteiger partial charge >= 0.3 is 0 Å². The standard InChI is InChI=1S/C17H17N3O3S/c1-17(2,3)14-11(18-9-23-14)7-13-16(22)19-12(15(21)20-13)6-10-4-5-24-8-10/h4-9H,1-3H3,(H,19,22)(H,20,21)/b12-6-,13-7-. The van der Waals surface area contributed by atoms with Crippen LogP contribution in [0.3, 0.4) is 0 Å². The maximum absolute atomic E-state index is 12.3. The van der Waals surface area contributed by atoms with Gasteiger partial charge in [-0.2, -0.15) is 11.3 Å². The van der Waals surface area contributed by atoms with E-state index in [-0.39, 0.29) is 27.2 Å². The summed E-state index contributed by atoms with van der Waals surface area (Å²) in [5, 5.41) is 4.15. The van der Waals surface area contributed by atoms with Gasteiger partial charge in [-0.3, -0.25) is 9.59 Å². The summed E-state index contributed by atoms with van der Waals surface area (Å²) in [6.07, 6.45) is 4.49. The molecule has 0 radical (unpaired) electrons. The molecule has 3 aromatic heterocycles. The molecule has 0 aliphatic rings. The van der Waals surface area contributed by atoms with Crippen molar-refractivity contribution < 1.29 is 4.42 Å². The van der Waals surface area contributed by atoms with E-state index >= 15 is 0 Å². The number of hydrogen-bond donors (Lipinski definition) is 2. The minimum Gasteiger partial charge on any atom is -0.447 e. The smallest absolute Gasteiger partial charge is 0.272 e. The van der Waals surface area contributed by atoms with Gasteiger partial charge in [0.05, 0.1) is 0 Å². The lowest BCUT2D eigenvalue weighted by Gasteiger charge is -2.14. The highest BCUT2D eigenvalue weighted by atomic mass is 32.1. The highest BCUT2D eigenvalue weighted by molar-refractivity contribution is 7.08. The lowest BCUT2D eigenvalue weighted by Crippen LogP contribution is -2.46. The zero-order valence-corrected chi connectivity index (χ0v) is 14.4. The second kappa shape index (κ2) is 6.09. The van der Waals surface area contributed by atoms with Crippen LogP contribution in [0.25, 0.3) is 12.2 Å². The lowest BCUT2D eigenvalue weighted by molar-refractivity contribution is 0.407. The highest BCUT2D eigenvalue weighted by Crippen LogP contribution is 2.25. The monoisotopic (exact) mass is 343 g/mol. The fourth-order valence-electron chi connectivity index (χ4n) is 2.28. The summed E-state index contributed by atoms with van der Waals surface area (Å²) in [5.74, 6) is 0.650. The van der Waals surface area contributed by atoms with Crippen LogP contribution in [0.5, 0.6) is 0 Å². The van der Waals surface area contributed by atoms with Crippen molar-refractivity contribution >= 4 is 23.5 Å². The molecule has 0 aromatic carbocycles. The molecule has 24 heavy (non-hydrogen) atoms. The SMILES string of the molecule is CC(C)(C)c1ocnc1/C=c1\[nH]c(=O)/c(=C/c2ccsc2)[nH]c1=O. The predicted octanol–water partition coefficient (Wildman–Crippen LogP) is 1.07. The molecule has 7 heteroatoms. The normalized spacial score (nSPS) is 13.6. The van der Waals surface area contributed by atoms with E-state index in [2.05, 4.69) is 15.0 Å². The van der Waals surface area contributed by atoms with Gasteiger partial charge in [0.15, 0.2) is 6.39 Å². The topological polar surface area (TPSA) is 91.8 Å². The van der Waals surface area contributed by atoms with E-state index in [4.69, 9.17) is 4.42 Å². The molecule has 0 unspecified atom stereocenters.